The summed E-state index contributed by atoms with van der Waals surface area (Å²) < 4.78 is 5.44. The molecule has 4 rings (SSSR count). The minimum absolute atomic E-state index is 0.602. The molecular formula is C16H20N3O. The van der Waals surface area contributed by atoms with Crippen LogP contribution in [0.25, 0.3) is 11.0 Å². The lowest BCUT2D eigenvalue weighted by Crippen LogP contribution is -2.56. The van der Waals surface area contributed by atoms with Crippen LogP contribution in [0.3, 0.4) is 0 Å². The summed E-state index contributed by atoms with van der Waals surface area (Å²) in [4.78, 5) is 4.98. The zero-order valence-corrected chi connectivity index (χ0v) is 11.7. The van der Waals surface area contributed by atoms with Crippen molar-refractivity contribution >= 4 is 16.8 Å². The Balaban J connectivity index is 1.58. The van der Waals surface area contributed by atoms with Crippen LogP contribution >= 0.6 is 0 Å². The monoisotopic (exact) mass is 270 g/mol. The molecule has 3 heterocycles. The Hall–Kier alpha value is -1.55. The summed E-state index contributed by atoms with van der Waals surface area (Å²) in [6.07, 6.45) is 2.50. The lowest BCUT2D eigenvalue weighted by Gasteiger charge is -2.45. The number of fused-ring (bicyclic) bond motifs is 2. The van der Waals surface area contributed by atoms with Gasteiger partial charge in [-0.25, -0.2) is 0 Å². The van der Waals surface area contributed by atoms with Crippen molar-refractivity contribution in [1.29, 1.82) is 0 Å². The molecule has 0 saturated carbocycles. The summed E-state index contributed by atoms with van der Waals surface area (Å²) in [6.45, 7) is 8.56. The van der Waals surface area contributed by atoms with Gasteiger partial charge in [-0.1, -0.05) is 17.3 Å². The van der Waals surface area contributed by atoms with Gasteiger partial charge in [0, 0.05) is 32.2 Å². The van der Waals surface area contributed by atoms with Crippen LogP contribution in [0.5, 0.6) is 0 Å². The minimum Gasteiger partial charge on any atom is -0.354 e. The molecule has 2 fully saturated rings. The molecule has 1 radical (unpaired) electrons. The molecule has 1 aromatic carbocycles. The molecule has 0 aliphatic carbocycles. The van der Waals surface area contributed by atoms with Crippen molar-refractivity contribution in [1.82, 2.24) is 10.1 Å². The highest BCUT2D eigenvalue weighted by molar-refractivity contribution is 5.88. The van der Waals surface area contributed by atoms with Crippen LogP contribution in [0, 0.1) is 12.8 Å². The molecule has 0 unspecified atom stereocenters. The van der Waals surface area contributed by atoms with E-state index in [1.807, 2.05) is 18.2 Å². The quantitative estimate of drug-likeness (QED) is 0.797. The number of para-hydroxylation sites is 1. The highest BCUT2D eigenvalue weighted by Gasteiger charge is 2.32. The molecule has 1 aromatic heterocycles. The number of benzene rings is 1. The Kier molecular flexibility index (Phi) is 2.91. The van der Waals surface area contributed by atoms with Gasteiger partial charge in [-0.2, -0.15) is 0 Å². The molecule has 4 heteroatoms. The molecule has 2 aromatic rings. The topological polar surface area (TPSA) is 32.5 Å². The summed E-state index contributed by atoms with van der Waals surface area (Å²) in [5.41, 5.74) is 0.881. The second-order valence-corrected chi connectivity index (χ2v) is 6.04. The number of hydrogen-bond acceptors (Lipinski definition) is 4. The van der Waals surface area contributed by atoms with Crippen molar-refractivity contribution in [2.75, 3.05) is 31.1 Å². The van der Waals surface area contributed by atoms with Crippen LogP contribution in [0.4, 0.5) is 5.82 Å². The van der Waals surface area contributed by atoms with Crippen molar-refractivity contribution < 1.29 is 4.52 Å². The van der Waals surface area contributed by atoms with Crippen molar-refractivity contribution in [3.8, 4) is 0 Å². The second-order valence-electron chi connectivity index (χ2n) is 6.04. The fourth-order valence-corrected chi connectivity index (χ4v) is 3.55. The summed E-state index contributed by atoms with van der Waals surface area (Å²) in [6, 6.07) is 8.77. The van der Waals surface area contributed by atoms with E-state index in [1.54, 1.807) is 0 Å². The van der Waals surface area contributed by atoms with Crippen molar-refractivity contribution in [2.45, 2.75) is 18.9 Å². The summed E-state index contributed by atoms with van der Waals surface area (Å²) in [5.74, 6) is 1.61. The van der Waals surface area contributed by atoms with E-state index in [4.69, 9.17) is 4.52 Å². The zero-order chi connectivity index (χ0) is 13.5. The van der Waals surface area contributed by atoms with E-state index in [0.29, 0.717) is 12.0 Å². The number of nitrogens with zero attached hydrogens (tertiary/aromatic N) is 3. The van der Waals surface area contributed by atoms with Crippen LogP contribution in [0.2, 0.25) is 0 Å². The molecule has 0 amide bonds. The molecule has 2 atom stereocenters. The maximum atomic E-state index is 5.44. The van der Waals surface area contributed by atoms with Gasteiger partial charge in [-0.05, 0) is 37.8 Å². The van der Waals surface area contributed by atoms with Crippen LogP contribution in [-0.4, -0.2) is 42.3 Å². The van der Waals surface area contributed by atoms with Gasteiger partial charge in [0.05, 0.1) is 5.39 Å². The molecule has 2 aliphatic rings. The van der Waals surface area contributed by atoms with E-state index < -0.39 is 0 Å². The van der Waals surface area contributed by atoms with Gasteiger partial charge in [0.25, 0.3) is 0 Å². The van der Waals surface area contributed by atoms with Crippen molar-refractivity contribution in [2.24, 2.45) is 5.92 Å². The number of piperazine rings is 1. The molecule has 2 saturated heterocycles. The van der Waals surface area contributed by atoms with Gasteiger partial charge in [-0.3, -0.25) is 4.90 Å². The highest BCUT2D eigenvalue weighted by Crippen LogP contribution is 2.30. The van der Waals surface area contributed by atoms with Crippen LogP contribution in [-0.2, 0) is 0 Å². The predicted molar refractivity (Wildman–Crippen MR) is 79.7 cm³/mol. The average molecular weight is 270 g/mol. The summed E-state index contributed by atoms with van der Waals surface area (Å²) in [5, 5.41) is 5.42. The Bertz CT molecular complexity index is 609. The largest absolute Gasteiger partial charge is 0.354 e. The molecule has 2 aliphatic heterocycles. The van der Waals surface area contributed by atoms with Gasteiger partial charge in [-0.15, -0.1) is 0 Å². The smallest absolute Gasteiger partial charge is 0.180 e. The van der Waals surface area contributed by atoms with Crippen LogP contribution < -0.4 is 4.90 Å². The first-order chi connectivity index (χ1) is 9.81. The Morgan fingerprint density at radius 2 is 2.05 bits per heavy atom. The molecule has 0 bridgehead atoms. The SMILES string of the molecule is [CH2][C@@H]1CC[C@H]2CN(c3noc4ccccc34)CCN2C1. The Labute approximate surface area is 119 Å². The standard InChI is InChI=1S/C16H20N3O/c1-12-6-7-13-11-19(9-8-18(13)10-12)16-14-4-2-3-5-15(14)20-17-16/h2-5,12-13H,1,6-11H2/t12-,13+/m1/s1. The number of anilines is 1. The first kappa shape index (κ1) is 12.2. The zero-order valence-electron chi connectivity index (χ0n) is 11.7. The Morgan fingerprint density at radius 3 is 3.00 bits per heavy atom. The first-order valence-electron chi connectivity index (χ1n) is 7.48. The van der Waals surface area contributed by atoms with E-state index in [2.05, 4.69) is 27.9 Å². The van der Waals surface area contributed by atoms with E-state index in [0.717, 1.165) is 43.0 Å². The molecule has 0 N–H and O–H groups in total. The molecule has 105 valence electrons. The highest BCUT2D eigenvalue weighted by atomic mass is 16.5. The maximum Gasteiger partial charge on any atom is 0.180 e. The molecule has 20 heavy (non-hydrogen) atoms. The van der Waals surface area contributed by atoms with Gasteiger partial charge < -0.3 is 9.42 Å². The van der Waals surface area contributed by atoms with E-state index >= 15 is 0 Å². The third-order valence-corrected chi connectivity index (χ3v) is 4.66. The van der Waals surface area contributed by atoms with E-state index in [1.165, 1.54) is 12.8 Å². The van der Waals surface area contributed by atoms with Gasteiger partial charge >= 0.3 is 0 Å². The molecule has 0 spiro atoms. The third-order valence-electron chi connectivity index (χ3n) is 4.66. The average Bonchev–Trinajstić information content (AvgIpc) is 2.91. The lowest BCUT2D eigenvalue weighted by atomic mass is 9.92. The first-order valence-corrected chi connectivity index (χ1v) is 7.48. The third kappa shape index (κ3) is 1.99. The van der Waals surface area contributed by atoms with Crippen molar-refractivity contribution in [3.05, 3.63) is 31.2 Å². The predicted octanol–water partition coefficient (Wildman–Crippen LogP) is 2.56. The number of hydrogen-bond donors (Lipinski definition) is 0. The number of rotatable bonds is 1. The minimum atomic E-state index is 0.602. The van der Waals surface area contributed by atoms with Crippen LogP contribution in [0.1, 0.15) is 12.8 Å². The Morgan fingerprint density at radius 1 is 1.15 bits per heavy atom. The fourth-order valence-electron chi connectivity index (χ4n) is 3.55. The van der Waals surface area contributed by atoms with E-state index in [9.17, 15) is 0 Å². The van der Waals surface area contributed by atoms with Crippen molar-refractivity contribution in [3.63, 3.8) is 0 Å². The lowest BCUT2D eigenvalue weighted by molar-refractivity contribution is 0.109. The van der Waals surface area contributed by atoms with Gasteiger partial charge in [0.2, 0.25) is 0 Å². The normalized spacial score (nSPS) is 27.8. The van der Waals surface area contributed by atoms with Gasteiger partial charge in [0.1, 0.15) is 0 Å². The molecule has 4 nitrogen and oxygen atoms in total. The molecular weight excluding hydrogens is 250 g/mol. The maximum absolute atomic E-state index is 5.44. The summed E-state index contributed by atoms with van der Waals surface area (Å²) >= 11 is 0. The summed E-state index contributed by atoms with van der Waals surface area (Å²) in [7, 11) is 0. The fraction of sp³-hybridized carbons (Fsp3) is 0.500. The second kappa shape index (κ2) is 4.77. The van der Waals surface area contributed by atoms with Gasteiger partial charge in [0.15, 0.2) is 11.4 Å². The van der Waals surface area contributed by atoms with E-state index in [-0.39, 0.29) is 0 Å². The number of piperidine rings is 1. The number of aromatic nitrogens is 1. The van der Waals surface area contributed by atoms with Crippen LogP contribution in [0.15, 0.2) is 28.8 Å².